The lowest BCUT2D eigenvalue weighted by molar-refractivity contribution is -0.127. The summed E-state index contributed by atoms with van der Waals surface area (Å²) < 4.78 is 46.0. The summed E-state index contributed by atoms with van der Waals surface area (Å²) in [6.07, 6.45) is 1.88. The third-order valence-electron chi connectivity index (χ3n) is 4.83. The predicted molar refractivity (Wildman–Crippen MR) is 98.7 cm³/mol. The van der Waals surface area contributed by atoms with Crippen LogP contribution in [0, 0.1) is 5.82 Å². The summed E-state index contributed by atoms with van der Waals surface area (Å²) in [5.41, 5.74) is 2.05. The Kier molecular flexibility index (Phi) is 4.61. The summed E-state index contributed by atoms with van der Waals surface area (Å²) in [7, 11) is -3.85. The molecule has 2 aromatic rings. The van der Waals surface area contributed by atoms with E-state index in [1.807, 2.05) is 6.07 Å². The van der Waals surface area contributed by atoms with E-state index in [0.29, 0.717) is 30.9 Å². The minimum Gasteiger partial charge on any atom is -0.368 e. The Labute approximate surface area is 157 Å². The van der Waals surface area contributed by atoms with E-state index in [1.165, 1.54) is 12.1 Å². The summed E-state index contributed by atoms with van der Waals surface area (Å²) in [6.45, 7) is 1.15. The van der Waals surface area contributed by atoms with Gasteiger partial charge in [0.1, 0.15) is 11.9 Å². The maximum absolute atomic E-state index is 13.0. The molecule has 1 saturated heterocycles. The fraction of sp³-hybridized carbons (Fsp3) is 0.316. The quantitative estimate of drug-likeness (QED) is 0.871. The number of benzene rings is 2. The highest BCUT2D eigenvalue weighted by atomic mass is 32.2. The van der Waals surface area contributed by atoms with Crippen LogP contribution in [0.25, 0.3) is 0 Å². The molecule has 142 valence electrons. The number of anilines is 2. The maximum Gasteiger partial charge on any atom is 0.261 e. The Morgan fingerprint density at radius 2 is 1.96 bits per heavy atom. The normalized spacial score (nSPS) is 19.1. The molecular formula is C19H19FN2O4S. The van der Waals surface area contributed by atoms with Crippen LogP contribution >= 0.6 is 0 Å². The summed E-state index contributed by atoms with van der Waals surface area (Å²) >= 11 is 0. The van der Waals surface area contributed by atoms with Gasteiger partial charge in [-0.3, -0.25) is 9.52 Å². The van der Waals surface area contributed by atoms with Crippen LogP contribution in [0.5, 0.6) is 0 Å². The van der Waals surface area contributed by atoms with Gasteiger partial charge in [0.25, 0.3) is 15.9 Å². The Balaban J connectivity index is 1.58. The van der Waals surface area contributed by atoms with Gasteiger partial charge in [0.15, 0.2) is 0 Å². The molecule has 2 aromatic carbocycles. The van der Waals surface area contributed by atoms with Gasteiger partial charge in [-0.1, -0.05) is 6.07 Å². The molecule has 0 aromatic heterocycles. The Morgan fingerprint density at radius 1 is 1.19 bits per heavy atom. The predicted octanol–water partition coefficient (Wildman–Crippen LogP) is 2.69. The average molecular weight is 390 g/mol. The Bertz CT molecular complexity index is 970. The molecule has 2 aliphatic heterocycles. The number of amides is 1. The molecule has 0 aliphatic carbocycles. The van der Waals surface area contributed by atoms with Gasteiger partial charge in [0.2, 0.25) is 0 Å². The number of fused-ring (bicyclic) bond motifs is 1. The van der Waals surface area contributed by atoms with Crippen LogP contribution in [0.2, 0.25) is 0 Å². The number of carbonyl (C=O) groups excluding carboxylic acids is 1. The van der Waals surface area contributed by atoms with Crippen LogP contribution in [0.15, 0.2) is 47.4 Å². The molecule has 27 heavy (non-hydrogen) atoms. The first-order valence-corrected chi connectivity index (χ1v) is 10.3. The average Bonchev–Trinajstić information content (AvgIpc) is 3.31. The molecule has 8 heteroatoms. The monoisotopic (exact) mass is 390 g/mol. The molecular weight excluding hydrogens is 371 g/mol. The Hall–Kier alpha value is -2.45. The minimum absolute atomic E-state index is 0.0308. The molecule has 1 N–H and O–H groups in total. The highest BCUT2D eigenvalue weighted by molar-refractivity contribution is 7.92. The molecule has 6 nitrogen and oxygen atoms in total. The summed E-state index contributed by atoms with van der Waals surface area (Å²) in [5, 5.41) is 0. The van der Waals surface area contributed by atoms with E-state index < -0.39 is 21.9 Å². The number of nitrogens with one attached hydrogen (secondary N) is 1. The molecule has 1 amide bonds. The lowest BCUT2D eigenvalue weighted by atomic mass is 10.1. The molecule has 0 radical (unpaired) electrons. The molecule has 1 atom stereocenters. The Morgan fingerprint density at radius 3 is 2.67 bits per heavy atom. The van der Waals surface area contributed by atoms with Crippen molar-refractivity contribution in [1.29, 1.82) is 0 Å². The first-order chi connectivity index (χ1) is 12.9. The van der Waals surface area contributed by atoms with Gasteiger partial charge in [0, 0.05) is 18.8 Å². The summed E-state index contributed by atoms with van der Waals surface area (Å²) in [4.78, 5) is 14.3. The molecule has 1 fully saturated rings. The van der Waals surface area contributed by atoms with Crippen molar-refractivity contribution in [2.45, 2.75) is 30.3 Å². The van der Waals surface area contributed by atoms with Gasteiger partial charge in [-0.2, -0.15) is 0 Å². The number of rotatable bonds is 4. The van der Waals surface area contributed by atoms with Crippen molar-refractivity contribution >= 4 is 27.3 Å². The lowest BCUT2D eigenvalue weighted by Crippen LogP contribution is -2.37. The van der Waals surface area contributed by atoms with Crippen molar-refractivity contribution in [3.63, 3.8) is 0 Å². The number of nitrogens with zero attached hydrogens (tertiary/aromatic N) is 1. The van der Waals surface area contributed by atoms with Gasteiger partial charge in [0.05, 0.1) is 10.6 Å². The third kappa shape index (κ3) is 3.54. The second-order valence-corrected chi connectivity index (χ2v) is 8.33. The van der Waals surface area contributed by atoms with E-state index in [9.17, 15) is 17.6 Å². The van der Waals surface area contributed by atoms with Crippen molar-refractivity contribution < 1.29 is 22.3 Å². The zero-order valence-corrected chi connectivity index (χ0v) is 15.3. The van der Waals surface area contributed by atoms with Crippen LogP contribution in [-0.2, 0) is 26.0 Å². The van der Waals surface area contributed by atoms with E-state index in [-0.39, 0.29) is 10.8 Å². The van der Waals surface area contributed by atoms with Crippen LogP contribution in [0.1, 0.15) is 18.4 Å². The number of ether oxygens (including phenoxy) is 1. The van der Waals surface area contributed by atoms with E-state index in [1.54, 1.807) is 17.0 Å². The topological polar surface area (TPSA) is 75.7 Å². The third-order valence-corrected chi connectivity index (χ3v) is 6.23. The summed E-state index contributed by atoms with van der Waals surface area (Å²) in [5.74, 6) is -0.584. The number of sulfonamides is 1. The van der Waals surface area contributed by atoms with Crippen molar-refractivity contribution in [2.75, 3.05) is 22.8 Å². The van der Waals surface area contributed by atoms with Crippen LogP contribution < -0.4 is 9.62 Å². The largest absolute Gasteiger partial charge is 0.368 e. The number of carbonyl (C=O) groups is 1. The van der Waals surface area contributed by atoms with Crippen LogP contribution in [0.4, 0.5) is 15.8 Å². The zero-order chi connectivity index (χ0) is 19.0. The van der Waals surface area contributed by atoms with Crippen molar-refractivity contribution in [3.05, 3.63) is 53.8 Å². The molecule has 0 unspecified atom stereocenters. The van der Waals surface area contributed by atoms with Crippen molar-refractivity contribution in [2.24, 2.45) is 0 Å². The van der Waals surface area contributed by atoms with E-state index in [2.05, 4.69) is 4.72 Å². The molecule has 4 rings (SSSR count). The van der Waals surface area contributed by atoms with Gasteiger partial charge >= 0.3 is 0 Å². The number of halogens is 1. The molecule has 0 bridgehead atoms. The fourth-order valence-corrected chi connectivity index (χ4v) is 4.50. The van der Waals surface area contributed by atoms with Gasteiger partial charge in [-0.15, -0.1) is 0 Å². The molecule has 2 heterocycles. The number of hydrogen-bond acceptors (Lipinski definition) is 4. The molecule has 2 aliphatic rings. The number of hydrogen-bond donors (Lipinski definition) is 1. The first kappa shape index (κ1) is 17.9. The summed E-state index contributed by atoms with van der Waals surface area (Å²) in [6, 6.07) is 9.76. The lowest BCUT2D eigenvalue weighted by Gasteiger charge is -2.21. The zero-order valence-electron chi connectivity index (χ0n) is 14.5. The smallest absolute Gasteiger partial charge is 0.261 e. The fourth-order valence-electron chi connectivity index (χ4n) is 3.45. The van der Waals surface area contributed by atoms with Crippen molar-refractivity contribution in [1.82, 2.24) is 0 Å². The highest BCUT2D eigenvalue weighted by Gasteiger charge is 2.33. The van der Waals surface area contributed by atoms with Gasteiger partial charge < -0.3 is 9.64 Å². The maximum atomic E-state index is 13.0. The molecule has 0 spiro atoms. The second kappa shape index (κ2) is 6.94. The van der Waals surface area contributed by atoms with Crippen LogP contribution in [-0.4, -0.2) is 33.6 Å². The first-order valence-electron chi connectivity index (χ1n) is 8.78. The highest BCUT2D eigenvalue weighted by Crippen LogP contribution is 2.33. The van der Waals surface area contributed by atoms with Crippen LogP contribution in [0.3, 0.4) is 0 Å². The van der Waals surface area contributed by atoms with E-state index >= 15 is 0 Å². The van der Waals surface area contributed by atoms with Gasteiger partial charge in [-0.25, -0.2) is 12.8 Å². The minimum atomic E-state index is -3.85. The molecule has 0 saturated carbocycles. The van der Waals surface area contributed by atoms with Crippen molar-refractivity contribution in [3.8, 4) is 0 Å². The van der Waals surface area contributed by atoms with E-state index in [0.717, 1.165) is 30.5 Å². The standard InChI is InChI=1S/C19H19FN2O4S/c20-14-4-7-16(8-5-14)27(24,25)21-15-6-3-13-9-10-22(17(13)12-15)19(23)18-2-1-11-26-18/h3-8,12,18,21H,1-2,9-11H2/t18-/m0/s1. The van der Waals surface area contributed by atoms with E-state index in [4.69, 9.17) is 4.74 Å². The van der Waals surface area contributed by atoms with Gasteiger partial charge in [-0.05, 0) is 61.2 Å². The second-order valence-electron chi connectivity index (χ2n) is 6.64. The SMILES string of the molecule is O=C([C@@H]1CCCO1)N1CCc2ccc(NS(=O)(=O)c3ccc(F)cc3)cc21.